The van der Waals surface area contributed by atoms with Crippen molar-refractivity contribution in [3.8, 4) is 11.5 Å². The number of hydrogen-bond acceptors (Lipinski definition) is 5. The highest BCUT2D eigenvalue weighted by Gasteiger charge is 2.34. The third-order valence-corrected chi connectivity index (χ3v) is 4.94. The van der Waals surface area contributed by atoms with Crippen molar-refractivity contribution in [2.45, 2.75) is 31.8 Å². The molecule has 0 saturated carbocycles. The summed E-state index contributed by atoms with van der Waals surface area (Å²) in [6.45, 7) is 6.35. The normalized spacial score (nSPS) is 23.2. The number of carbonyl (C=O) groups is 1. The third-order valence-electron chi connectivity index (χ3n) is 4.94. The van der Waals surface area contributed by atoms with Crippen LogP contribution in [0, 0.1) is 0 Å². The molecular formula is C18H27N3O3. The lowest BCUT2D eigenvalue weighted by molar-refractivity contribution is -0.136. The maximum atomic E-state index is 13.2. The van der Waals surface area contributed by atoms with Gasteiger partial charge in [-0.3, -0.25) is 9.69 Å². The van der Waals surface area contributed by atoms with Gasteiger partial charge in [0.1, 0.15) is 6.04 Å². The summed E-state index contributed by atoms with van der Waals surface area (Å²) in [6.07, 6.45) is 2.16. The van der Waals surface area contributed by atoms with Gasteiger partial charge in [0.2, 0.25) is 5.91 Å². The second kappa shape index (κ2) is 7.40. The van der Waals surface area contributed by atoms with Gasteiger partial charge >= 0.3 is 0 Å². The van der Waals surface area contributed by atoms with E-state index in [4.69, 9.17) is 4.74 Å². The predicted molar refractivity (Wildman–Crippen MR) is 92.3 cm³/mol. The highest BCUT2D eigenvalue weighted by Crippen LogP contribution is 2.33. The zero-order chi connectivity index (χ0) is 17.1. The van der Waals surface area contributed by atoms with Gasteiger partial charge in [0, 0.05) is 38.8 Å². The summed E-state index contributed by atoms with van der Waals surface area (Å²) in [5.74, 6) is 0.673. The molecule has 1 aromatic rings. The Hall–Kier alpha value is -1.79. The van der Waals surface area contributed by atoms with E-state index < -0.39 is 0 Å². The van der Waals surface area contributed by atoms with Gasteiger partial charge in [-0.25, -0.2) is 0 Å². The molecular weight excluding hydrogens is 306 g/mol. The summed E-state index contributed by atoms with van der Waals surface area (Å²) in [5, 5.41) is 13.3. The van der Waals surface area contributed by atoms with Crippen LogP contribution in [0.3, 0.4) is 0 Å². The Morgan fingerprint density at radius 1 is 1.33 bits per heavy atom. The van der Waals surface area contributed by atoms with Crippen LogP contribution in [0.25, 0.3) is 0 Å². The Bertz CT molecular complexity index is 587. The van der Waals surface area contributed by atoms with E-state index in [-0.39, 0.29) is 17.7 Å². The van der Waals surface area contributed by atoms with Crippen LogP contribution in [0.4, 0.5) is 0 Å². The van der Waals surface area contributed by atoms with Crippen LogP contribution in [0.15, 0.2) is 18.2 Å². The molecule has 1 aromatic carbocycles. The highest BCUT2D eigenvalue weighted by molar-refractivity contribution is 5.84. The van der Waals surface area contributed by atoms with Crippen LogP contribution in [-0.4, -0.2) is 66.7 Å². The molecule has 2 fully saturated rings. The largest absolute Gasteiger partial charge is 0.504 e. The summed E-state index contributed by atoms with van der Waals surface area (Å²) in [5.41, 5.74) is 0.885. The molecule has 0 radical (unpaired) electrons. The maximum Gasteiger partial charge on any atom is 0.244 e. The molecule has 2 saturated heterocycles. The molecule has 132 valence electrons. The molecule has 0 aromatic heterocycles. The van der Waals surface area contributed by atoms with Crippen LogP contribution >= 0.6 is 0 Å². The zero-order valence-electron chi connectivity index (χ0n) is 14.5. The fourth-order valence-corrected chi connectivity index (χ4v) is 3.68. The van der Waals surface area contributed by atoms with Crippen molar-refractivity contribution in [2.75, 3.05) is 39.8 Å². The number of aromatic hydroxyl groups is 1. The number of likely N-dealkylation sites (tertiary alicyclic amines) is 1. The van der Waals surface area contributed by atoms with E-state index in [0.717, 1.165) is 51.1 Å². The van der Waals surface area contributed by atoms with Gasteiger partial charge in [-0.15, -0.1) is 0 Å². The number of amides is 1. The number of carbonyl (C=O) groups excluding carboxylic acids is 1. The number of hydrogen-bond donors (Lipinski definition) is 2. The van der Waals surface area contributed by atoms with E-state index in [1.54, 1.807) is 12.1 Å². The van der Waals surface area contributed by atoms with Gasteiger partial charge < -0.3 is 20.1 Å². The van der Waals surface area contributed by atoms with Crippen molar-refractivity contribution in [2.24, 2.45) is 0 Å². The lowest BCUT2D eigenvalue weighted by Gasteiger charge is -2.38. The molecule has 2 unspecified atom stereocenters. The van der Waals surface area contributed by atoms with Crippen molar-refractivity contribution in [3.63, 3.8) is 0 Å². The van der Waals surface area contributed by atoms with Crippen LogP contribution in [-0.2, 0) is 4.79 Å². The minimum Gasteiger partial charge on any atom is -0.504 e. The summed E-state index contributed by atoms with van der Waals surface area (Å²) < 4.78 is 5.24. The molecule has 2 aliphatic rings. The Morgan fingerprint density at radius 2 is 2.08 bits per heavy atom. The first kappa shape index (κ1) is 17.0. The number of ether oxygens (including phenoxy) is 1. The van der Waals surface area contributed by atoms with Gasteiger partial charge in [0.25, 0.3) is 0 Å². The number of benzene rings is 1. The number of phenols is 1. The third kappa shape index (κ3) is 3.49. The van der Waals surface area contributed by atoms with Crippen LogP contribution in [0.2, 0.25) is 0 Å². The first-order chi connectivity index (χ1) is 11.6. The van der Waals surface area contributed by atoms with Crippen molar-refractivity contribution >= 4 is 5.91 Å². The molecule has 2 N–H and O–H groups in total. The lowest BCUT2D eigenvalue weighted by atomic mass is 10.0. The molecule has 3 rings (SSSR count). The summed E-state index contributed by atoms with van der Waals surface area (Å²) >= 11 is 0. The number of phenolic OH excluding ortho intramolecular Hbond substituents is 1. The fraction of sp³-hybridized carbons (Fsp3) is 0.611. The molecule has 0 aliphatic carbocycles. The number of methoxy groups -OCH3 is 1. The number of nitrogens with zero attached hydrogens (tertiary/aromatic N) is 2. The highest BCUT2D eigenvalue weighted by atomic mass is 16.5. The topological polar surface area (TPSA) is 65.0 Å². The van der Waals surface area contributed by atoms with Crippen molar-refractivity contribution < 1.29 is 14.6 Å². The van der Waals surface area contributed by atoms with Gasteiger partial charge in [-0.1, -0.05) is 6.07 Å². The van der Waals surface area contributed by atoms with Crippen molar-refractivity contribution in [3.05, 3.63) is 23.8 Å². The first-order valence-electron chi connectivity index (χ1n) is 8.73. The fourth-order valence-electron chi connectivity index (χ4n) is 3.68. The average molecular weight is 333 g/mol. The summed E-state index contributed by atoms with van der Waals surface area (Å²) in [4.78, 5) is 17.4. The molecule has 24 heavy (non-hydrogen) atoms. The van der Waals surface area contributed by atoms with Crippen molar-refractivity contribution in [1.82, 2.24) is 15.1 Å². The molecule has 2 aliphatic heterocycles. The standard InChI is InChI=1S/C18H27N3O3/c1-13-12-21(10-7-19-13)17(18(23)20-8-3-4-9-20)14-5-6-15(22)16(11-14)24-2/h5-6,11,13,17,19,22H,3-4,7-10,12H2,1-2H3. The minimum atomic E-state index is -0.317. The number of rotatable bonds is 4. The van der Waals surface area contributed by atoms with E-state index in [9.17, 15) is 9.90 Å². The quantitative estimate of drug-likeness (QED) is 0.871. The van der Waals surface area contributed by atoms with Gasteiger partial charge in [-0.2, -0.15) is 0 Å². The Morgan fingerprint density at radius 3 is 2.75 bits per heavy atom. The number of nitrogens with one attached hydrogen (secondary N) is 1. The molecule has 0 bridgehead atoms. The molecule has 0 spiro atoms. The zero-order valence-corrected chi connectivity index (χ0v) is 14.5. The Labute approximate surface area is 143 Å². The van der Waals surface area contributed by atoms with Crippen LogP contribution in [0.1, 0.15) is 31.4 Å². The monoisotopic (exact) mass is 333 g/mol. The Kier molecular flexibility index (Phi) is 5.26. The van der Waals surface area contributed by atoms with E-state index in [1.165, 1.54) is 7.11 Å². The van der Waals surface area contributed by atoms with Crippen LogP contribution in [0.5, 0.6) is 11.5 Å². The molecule has 2 atom stereocenters. The first-order valence-corrected chi connectivity index (χ1v) is 8.73. The minimum absolute atomic E-state index is 0.0994. The Balaban J connectivity index is 1.92. The molecule has 2 heterocycles. The predicted octanol–water partition coefficient (Wildman–Crippen LogP) is 1.36. The maximum absolute atomic E-state index is 13.2. The second-order valence-corrected chi connectivity index (χ2v) is 6.72. The van der Waals surface area contributed by atoms with Crippen molar-refractivity contribution in [1.29, 1.82) is 0 Å². The molecule has 6 nitrogen and oxygen atoms in total. The summed E-state index contributed by atoms with van der Waals surface area (Å²) in [6, 6.07) is 5.28. The van der Waals surface area contributed by atoms with Gasteiger partial charge in [0.05, 0.1) is 7.11 Å². The molecule has 6 heteroatoms. The smallest absolute Gasteiger partial charge is 0.244 e. The SMILES string of the molecule is COc1cc(C(C(=O)N2CCCC2)N2CCNC(C)C2)ccc1O. The van der Waals surface area contributed by atoms with E-state index >= 15 is 0 Å². The number of piperazine rings is 1. The molecule has 1 amide bonds. The van der Waals surface area contributed by atoms with E-state index in [1.807, 2.05) is 11.0 Å². The lowest BCUT2D eigenvalue weighted by Crippen LogP contribution is -2.53. The van der Waals surface area contributed by atoms with E-state index in [2.05, 4.69) is 17.1 Å². The van der Waals surface area contributed by atoms with Gasteiger partial charge in [-0.05, 0) is 37.5 Å². The van der Waals surface area contributed by atoms with Gasteiger partial charge in [0.15, 0.2) is 11.5 Å². The summed E-state index contributed by atoms with van der Waals surface area (Å²) in [7, 11) is 1.53. The average Bonchev–Trinajstić information content (AvgIpc) is 3.11. The second-order valence-electron chi connectivity index (χ2n) is 6.72. The van der Waals surface area contributed by atoms with Crippen LogP contribution < -0.4 is 10.1 Å². The van der Waals surface area contributed by atoms with E-state index in [0.29, 0.717) is 11.8 Å².